The number of nitrogens with zero attached hydrogens (tertiary/aromatic N) is 1. The highest BCUT2D eigenvalue weighted by Crippen LogP contribution is 2.49. The van der Waals surface area contributed by atoms with Crippen molar-refractivity contribution >= 4 is 53.4 Å². The van der Waals surface area contributed by atoms with Crippen LogP contribution in [0.1, 0.15) is 33.6 Å². The average molecular weight is 583 g/mol. The van der Waals surface area contributed by atoms with E-state index in [9.17, 15) is 21.6 Å². The normalized spacial score (nSPS) is 15.6. The minimum atomic E-state index is -3.71. The first kappa shape index (κ1) is 26.1. The third-order valence-corrected chi connectivity index (χ3v) is 8.10. The molecule has 2 aromatic rings. The summed E-state index contributed by atoms with van der Waals surface area (Å²) in [5.41, 5.74) is 0.493. The van der Waals surface area contributed by atoms with Crippen LogP contribution in [0.25, 0.3) is 0 Å². The lowest BCUT2D eigenvalue weighted by atomic mass is 9.85. The van der Waals surface area contributed by atoms with Crippen LogP contribution in [0.3, 0.4) is 0 Å². The zero-order valence-electron chi connectivity index (χ0n) is 18.2. The van der Waals surface area contributed by atoms with Crippen molar-refractivity contribution in [1.29, 1.82) is 0 Å². The molecule has 0 spiro atoms. The lowest BCUT2D eigenvalue weighted by Gasteiger charge is -2.39. The Morgan fingerprint density at radius 2 is 1.55 bits per heavy atom. The summed E-state index contributed by atoms with van der Waals surface area (Å²) in [6, 6.07) is 9.04. The van der Waals surface area contributed by atoms with Gasteiger partial charge in [0.25, 0.3) is 26.1 Å². The molecule has 1 amide bonds. The van der Waals surface area contributed by atoms with Crippen LogP contribution in [-0.2, 0) is 40.7 Å². The van der Waals surface area contributed by atoms with Crippen molar-refractivity contribution in [3.63, 3.8) is 0 Å². The molecule has 13 heteroatoms. The number of fused-ring (bicyclic) bond motifs is 1. The van der Waals surface area contributed by atoms with E-state index >= 15 is 0 Å². The molecular weight excluding hydrogens is 558 g/mol. The van der Waals surface area contributed by atoms with E-state index in [0.29, 0.717) is 16.2 Å². The van der Waals surface area contributed by atoms with Crippen molar-refractivity contribution in [3.05, 3.63) is 50.1 Å². The maximum absolute atomic E-state index is 13.4. The minimum Gasteiger partial charge on any atom is -0.497 e. The second-order valence-corrected chi connectivity index (χ2v) is 13.3. The molecule has 1 aliphatic rings. The Morgan fingerprint density at radius 3 is 2.03 bits per heavy atom. The van der Waals surface area contributed by atoms with E-state index in [1.165, 1.54) is 11.3 Å². The maximum Gasteiger partial charge on any atom is 0.265 e. The highest BCUT2D eigenvalue weighted by atomic mass is 79.9. The molecule has 182 valence electrons. The first-order valence-corrected chi connectivity index (χ1v) is 15.0. The predicted molar refractivity (Wildman–Crippen MR) is 127 cm³/mol. The van der Waals surface area contributed by atoms with Gasteiger partial charge in [-0.15, -0.1) is 11.3 Å². The van der Waals surface area contributed by atoms with Gasteiger partial charge in [0.2, 0.25) is 0 Å². The Labute approximate surface area is 206 Å². The van der Waals surface area contributed by atoms with E-state index in [-0.39, 0.29) is 38.5 Å². The average Bonchev–Trinajstić information content (AvgIpc) is 3.18. The summed E-state index contributed by atoms with van der Waals surface area (Å²) in [5, 5.41) is 0. The Morgan fingerprint density at radius 1 is 1.00 bits per heavy atom. The van der Waals surface area contributed by atoms with Crippen molar-refractivity contribution < 1.29 is 34.7 Å². The number of amides is 1. The lowest BCUT2D eigenvalue weighted by molar-refractivity contribution is 0.0369. The molecule has 0 saturated carbocycles. The monoisotopic (exact) mass is 581 g/mol. The van der Waals surface area contributed by atoms with E-state index in [1.54, 1.807) is 24.1 Å². The van der Waals surface area contributed by atoms with Crippen molar-refractivity contribution in [2.75, 3.05) is 32.8 Å². The van der Waals surface area contributed by atoms with Gasteiger partial charge in [-0.2, -0.15) is 16.8 Å². The van der Waals surface area contributed by atoms with Crippen molar-refractivity contribution in [1.82, 2.24) is 4.90 Å². The fourth-order valence-corrected chi connectivity index (χ4v) is 6.27. The molecule has 1 aromatic carbocycles. The van der Waals surface area contributed by atoms with Crippen LogP contribution >= 0.6 is 27.3 Å². The highest BCUT2D eigenvalue weighted by molar-refractivity contribution is 9.11. The number of rotatable bonds is 11. The number of halogens is 1. The number of ether oxygens (including phenoxy) is 1. The Balaban J connectivity index is 2.01. The van der Waals surface area contributed by atoms with Crippen LogP contribution < -0.4 is 4.74 Å². The molecule has 9 nitrogen and oxygen atoms in total. The molecule has 0 N–H and O–H groups in total. The van der Waals surface area contributed by atoms with Crippen LogP contribution in [0, 0.1) is 0 Å². The van der Waals surface area contributed by atoms with Crippen LogP contribution in [0.2, 0.25) is 0 Å². The first-order valence-electron chi connectivity index (χ1n) is 9.78. The number of hydrogen-bond acceptors (Lipinski definition) is 9. The molecule has 0 atom stereocenters. The minimum absolute atomic E-state index is 0.130. The van der Waals surface area contributed by atoms with Crippen molar-refractivity contribution in [2.24, 2.45) is 0 Å². The van der Waals surface area contributed by atoms with Crippen LogP contribution in [0.4, 0.5) is 0 Å². The fraction of sp³-hybridized carbons (Fsp3) is 0.450. The SMILES string of the molecule is COc1ccc(CN2C(=O)c3sc(Br)cc3C2(CCOS(C)(=O)=O)CCOS(C)(=O)=O)cc1. The van der Waals surface area contributed by atoms with E-state index in [0.717, 1.165) is 21.9 Å². The zero-order chi connectivity index (χ0) is 24.4. The van der Waals surface area contributed by atoms with E-state index in [2.05, 4.69) is 15.9 Å². The molecule has 1 aliphatic heterocycles. The van der Waals surface area contributed by atoms with Gasteiger partial charge >= 0.3 is 0 Å². The van der Waals surface area contributed by atoms with Gasteiger partial charge in [-0.05, 0) is 52.5 Å². The molecule has 0 bridgehead atoms. The summed E-state index contributed by atoms with van der Waals surface area (Å²) in [7, 11) is -5.86. The number of carbonyl (C=O) groups excluding carboxylic acids is 1. The van der Waals surface area contributed by atoms with E-state index in [1.807, 2.05) is 18.2 Å². The molecule has 0 fully saturated rings. The molecule has 0 radical (unpaired) electrons. The topological polar surface area (TPSA) is 116 Å². The summed E-state index contributed by atoms with van der Waals surface area (Å²) < 4.78 is 62.2. The maximum atomic E-state index is 13.4. The number of methoxy groups -OCH3 is 1. The number of carbonyl (C=O) groups is 1. The van der Waals surface area contributed by atoms with Crippen LogP contribution in [0.15, 0.2) is 34.1 Å². The summed E-state index contributed by atoms with van der Waals surface area (Å²) in [6.45, 7) is -0.145. The molecular formula is C20H24BrNO8S3. The summed E-state index contributed by atoms with van der Waals surface area (Å²) in [5.74, 6) is 0.444. The molecule has 0 unspecified atom stereocenters. The fourth-order valence-electron chi connectivity index (χ4n) is 3.85. The summed E-state index contributed by atoms with van der Waals surface area (Å²) in [6.07, 6.45) is 2.17. The highest BCUT2D eigenvalue weighted by Gasteiger charge is 2.50. The van der Waals surface area contributed by atoms with Gasteiger partial charge in [0.05, 0.1) is 47.0 Å². The lowest BCUT2D eigenvalue weighted by Crippen LogP contribution is -2.45. The van der Waals surface area contributed by atoms with Crippen molar-refractivity contribution in [2.45, 2.75) is 24.9 Å². The van der Waals surface area contributed by atoms with Crippen LogP contribution in [0.5, 0.6) is 5.75 Å². The van der Waals surface area contributed by atoms with Gasteiger partial charge in [-0.3, -0.25) is 13.2 Å². The van der Waals surface area contributed by atoms with Gasteiger partial charge in [0.1, 0.15) is 5.75 Å². The Kier molecular flexibility index (Phi) is 7.91. The van der Waals surface area contributed by atoms with Crippen LogP contribution in [-0.4, -0.2) is 60.5 Å². The van der Waals surface area contributed by atoms with Gasteiger partial charge in [0.15, 0.2) is 0 Å². The Hall–Kier alpha value is -1.51. The third-order valence-electron chi connectivity index (χ3n) is 5.29. The molecule has 0 saturated heterocycles. The standard InChI is InChI=1S/C20H24BrNO8S3/c1-28-15-6-4-14(5-7-15)13-22-19(23)18-16(12-17(21)31-18)20(22,8-10-29-32(2,24)25)9-11-30-33(3,26)27/h4-7,12H,8-11,13H2,1-3H3. The largest absolute Gasteiger partial charge is 0.497 e. The van der Waals surface area contributed by atoms with Gasteiger partial charge in [0, 0.05) is 12.1 Å². The second kappa shape index (κ2) is 10.0. The molecule has 33 heavy (non-hydrogen) atoms. The molecule has 2 heterocycles. The van der Waals surface area contributed by atoms with E-state index < -0.39 is 25.8 Å². The van der Waals surface area contributed by atoms with Gasteiger partial charge in [-0.1, -0.05) is 12.1 Å². The molecule has 1 aromatic heterocycles. The van der Waals surface area contributed by atoms with Crippen molar-refractivity contribution in [3.8, 4) is 5.75 Å². The number of thiophene rings is 1. The molecule has 0 aliphatic carbocycles. The summed E-state index contributed by atoms with van der Waals surface area (Å²) in [4.78, 5) is 15.6. The quantitative estimate of drug-likeness (QED) is 0.371. The Bertz CT molecular complexity index is 1180. The molecule has 3 rings (SSSR count). The first-order chi connectivity index (χ1) is 15.3. The number of benzene rings is 1. The second-order valence-electron chi connectivity index (χ2n) is 7.62. The van der Waals surface area contributed by atoms with Gasteiger partial charge < -0.3 is 9.64 Å². The van der Waals surface area contributed by atoms with Gasteiger partial charge in [-0.25, -0.2) is 0 Å². The predicted octanol–water partition coefficient (Wildman–Crippen LogP) is 3.10. The third kappa shape index (κ3) is 6.34. The summed E-state index contributed by atoms with van der Waals surface area (Å²) >= 11 is 4.69. The van der Waals surface area contributed by atoms with E-state index in [4.69, 9.17) is 13.1 Å². The smallest absolute Gasteiger partial charge is 0.265 e. The number of hydrogen-bond donors (Lipinski definition) is 0. The zero-order valence-corrected chi connectivity index (χ0v) is 22.3.